The molecule has 2 aliphatic rings. The van der Waals surface area contributed by atoms with Gasteiger partial charge in [0.2, 0.25) is 5.95 Å². The van der Waals surface area contributed by atoms with Gasteiger partial charge in [-0.3, -0.25) is 0 Å². The Labute approximate surface area is 146 Å². The van der Waals surface area contributed by atoms with E-state index in [2.05, 4.69) is 30.9 Å². The van der Waals surface area contributed by atoms with E-state index in [1.165, 1.54) is 12.8 Å². The molecule has 2 atom stereocenters. The van der Waals surface area contributed by atoms with Crippen LogP contribution in [-0.2, 0) is 0 Å². The van der Waals surface area contributed by atoms with Gasteiger partial charge in [-0.25, -0.2) is 19.9 Å². The van der Waals surface area contributed by atoms with Crippen LogP contribution in [0.5, 0.6) is 6.01 Å². The van der Waals surface area contributed by atoms with Gasteiger partial charge < -0.3 is 9.64 Å². The van der Waals surface area contributed by atoms with E-state index in [0.29, 0.717) is 30.2 Å². The van der Waals surface area contributed by atoms with E-state index < -0.39 is 0 Å². The molecule has 1 saturated heterocycles. The maximum atomic E-state index is 9.06. The van der Waals surface area contributed by atoms with Crippen LogP contribution in [0.15, 0.2) is 24.5 Å². The Balaban J connectivity index is 1.51. The van der Waals surface area contributed by atoms with Gasteiger partial charge in [0.25, 0.3) is 0 Å². The highest BCUT2D eigenvalue weighted by Crippen LogP contribution is 2.49. The highest BCUT2D eigenvalue weighted by molar-refractivity contribution is 5.37. The zero-order valence-corrected chi connectivity index (χ0v) is 14.2. The first kappa shape index (κ1) is 15.8. The molecule has 1 aliphatic heterocycles. The van der Waals surface area contributed by atoms with Crippen LogP contribution in [0.3, 0.4) is 0 Å². The highest BCUT2D eigenvalue weighted by Gasteiger charge is 2.50. The minimum absolute atomic E-state index is 0.0825. The molecule has 3 heterocycles. The van der Waals surface area contributed by atoms with Gasteiger partial charge in [0, 0.05) is 36.6 Å². The van der Waals surface area contributed by atoms with Crippen LogP contribution in [-0.4, -0.2) is 39.6 Å². The Hall–Kier alpha value is -2.75. The molecule has 0 amide bonds. The highest BCUT2D eigenvalue weighted by atomic mass is 16.5. The van der Waals surface area contributed by atoms with Crippen molar-refractivity contribution in [3.63, 3.8) is 0 Å². The summed E-state index contributed by atoms with van der Waals surface area (Å²) in [5.74, 6) is 1.19. The van der Waals surface area contributed by atoms with Crippen LogP contribution in [0.4, 0.5) is 5.95 Å². The van der Waals surface area contributed by atoms with Gasteiger partial charge >= 0.3 is 6.01 Å². The van der Waals surface area contributed by atoms with Gasteiger partial charge in [-0.1, -0.05) is 6.42 Å². The third kappa shape index (κ3) is 3.00. The van der Waals surface area contributed by atoms with E-state index >= 15 is 0 Å². The fraction of sp³-hybridized carbons (Fsp3) is 0.500. The number of hydrogen-bond acceptors (Lipinski definition) is 7. The van der Waals surface area contributed by atoms with Crippen LogP contribution >= 0.6 is 0 Å². The first-order valence-electron chi connectivity index (χ1n) is 8.59. The van der Waals surface area contributed by atoms with Crippen molar-refractivity contribution in [2.45, 2.75) is 26.2 Å². The lowest BCUT2D eigenvalue weighted by atomic mass is 9.82. The van der Waals surface area contributed by atoms with Gasteiger partial charge in [-0.05, 0) is 37.8 Å². The van der Waals surface area contributed by atoms with Gasteiger partial charge in [0.05, 0.1) is 6.61 Å². The van der Waals surface area contributed by atoms with Gasteiger partial charge in [-0.15, -0.1) is 0 Å². The van der Waals surface area contributed by atoms with Gasteiger partial charge in [0.1, 0.15) is 11.8 Å². The number of aryl methyl sites for hydroxylation is 1. The van der Waals surface area contributed by atoms with Crippen molar-refractivity contribution in [2.75, 3.05) is 24.6 Å². The number of aromatic nitrogens is 4. The molecule has 2 aromatic heterocycles. The van der Waals surface area contributed by atoms with Crippen molar-refractivity contribution in [3.8, 4) is 12.1 Å². The maximum Gasteiger partial charge on any atom is 0.316 e. The fourth-order valence-electron chi connectivity index (χ4n) is 4.07. The number of nitrogens with zero attached hydrogens (tertiary/aromatic N) is 6. The molecule has 25 heavy (non-hydrogen) atoms. The normalized spacial score (nSPS) is 24.8. The number of ether oxygens (including phenoxy) is 1. The smallest absolute Gasteiger partial charge is 0.316 e. The average Bonchev–Trinajstić information content (AvgIpc) is 3.17. The maximum absolute atomic E-state index is 9.06. The van der Waals surface area contributed by atoms with E-state index in [9.17, 15) is 0 Å². The fourth-order valence-corrected chi connectivity index (χ4v) is 4.07. The summed E-state index contributed by atoms with van der Waals surface area (Å²) >= 11 is 0. The van der Waals surface area contributed by atoms with E-state index in [1.54, 1.807) is 18.5 Å². The predicted octanol–water partition coefficient (Wildman–Crippen LogP) is 2.13. The van der Waals surface area contributed by atoms with Crippen LogP contribution in [0, 0.1) is 29.6 Å². The molecule has 1 saturated carbocycles. The second-order valence-corrected chi connectivity index (χ2v) is 6.96. The molecule has 2 fully saturated rings. The monoisotopic (exact) mass is 336 g/mol. The van der Waals surface area contributed by atoms with Crippen LogP contribution in [0.2, 0.25) is 0 Å². The Morgan fingerprint density at radius 1 is 1.32 bits per heavy atom. The minimum atomic E-state index is 0.0825. The van der Waals surface area contributed by atoms with Crippen molar-refractivity contribution >= 4 is 5.95 Å². The lowest BCUT2D eigenvalue weighted by Crippen LogP contribution is -2.34. The molecule has 0 bridgehead atoms. The minimum Gasteiger partial charge on any atom is -0.463 e. The van der Waals surface area contributed by atoms with Crippen LogP contribution < -0.4 is 9.64 Å². The van der Waals surface area contributed by atoms with Crippen molar-refractivity contribution in [3.05, 3.63) is 35.9 Å². The largest absolute Gasteiger partial charge is 0.463 e. The number of hydrogen-bond donors (Lipinski definition) is 0. The molecule has 2 aromatic rings. The molecule has 4 rings (SSSR count). The molecule has 0 spiro atoms. The summed E-state index contributed by atoms with van der Waals surface area (Å²) in [5.41, 5.74) is 1.39. The van der Waals surface area contributed by atoms with E-state index in [-0.39, 0.29) is 5.41 Å². The topological polar surface area (TPSA) is 87.8 Å². The van der Waals surface area contributed by atoms with Crippen molar-refractivity contribution in [1.82, 2.24) is 19.9 Å². The Morgan fingerprint density at radius 3 is 3.04 bits per heavy atom. The Morgan fingerprint density at radius 2 is 2.20 bits per heavy atom. The zero-order valence-electron chi connectivity index (χ0n) is 14.2. The molecular weight excluding hydrogens is 316 g/mol. The van der Waals surface area contributed by atoms with E-state index in [4.69, 9.17) is 10.00 Å². The quantitative estimate of drug-likeness (QED) is 0.845. The van der Waals surface area contributed by atoms with Crippen molar-refractivity contribution < 1.29 is 4.74 Å². The van der Waals surface area contributed by atoms with Crippen molar-refractivity contribution in [2.24, 2.45) is 11.3 Å². The molecule has 7 nitrogen and oxygen atoms in total. The average molecular weight is 336 g/mol. The summed E-state index contributed by atoms with van der Waals surface area (Å²) in [4.78, 5) is 19.4. The number of fused-ring (bicyclic) bond motifs is 1. The molecule has 2 unspecified atom stereocenters. The summed E-state index contributed by atoms with van der Waals surface area (Å²) in [6.07, 6.45) is 6.91. The molecular formula is C18H20N6O. The number of rotatable bonds is 4. The summed E-state index contributed by atoms with van der Waals surface area (Å²) in [5, 5.41) is 9.06. The summed E-state index contributed by atoms with van der Waals surface area (Å²) in [6.45, 7) is 4.29. The molecule has 7 heteroatoms. The summed E-state index contributed by atoms with van der Waals surface area (Å²) < 4.78 is 5.96. The predicted molar refractivity (Wildman–Crippen MR) is 91.0 cm³/mol. The lowest BCUT2D eigenvalue weighted by molar-refractivity contribution is 0.130. The van der Waals surface area contributed by atoms with Gasteiger partial charge in [-0.2, -0.15) is 5.26 Å². The molecule has 128 valence electrons. The first-order valence-corrected chi connectivity index (χ1v) is 8.59. The lowest BCUT2D eigenvalue weighted by Gasteiger charge is -2.28. The van der Waals surface area contributed by atoms with Crippen LogP contribution in [0.1, 0.15) is 30.7 Å². The SMILES string of the molecule is Cc1ccnc(OCC23CCCC2CN(c2nccc(C#N)n2)C3)n1. The third-order valence-electron chi connectivity index (χ3n) is 5.34. The summed E-state index contributed by atoms with van der Waals surface area (Å²) in [6, 6.07) is 6.02. The molecule has 1 aliphatic carbocycles. The van der Waals surface area contributed by atoms with Crippen LogP contribution in [0.25, 0.3) is 0 Å². The van der Waals surface area contributed by atoms with Crippen molar-refractivity contribution in [1.29, 1.82) is 5.26 Å². The second-order valence-electron chi connectivity index (χ2n) is 6.96. The van der Waals surface area contributed by atoms with E-state index in [0.717, 1.165) is 25.2 Å². The third-order valence-corrected chi connectivity index (χ3v) is 5.34. The Bertz CT molecular complexity index is 819. The van der Waals surface area contributed by atoms with Gasteiger partial charge in [0.15, 0.2) is 0 Å². The van der Waals surface area contributed by atoms with E-state index in [1.807, 2.05) is 13.0 Å². The molecule has 0 radical (unpaired) electrons. The summed E-state index contributed by atoms with van der Waals surface area (Å²) in [7, 11) is 0. The number of anilines is 1. The second kappa shape index (κ2) is 6.28. The number of nitriles is 1. The first-order chi connectivity index (χ1) is 12.2. The molecule has 0 aromatic carbocycles. The Kier molecular flexibility index (Phi) is 3.96. The standard InChI is InChI=1S/C18H20N6O/c1-13-4-7-21-17(22-13)25-12-18-6-2-3-14(18)10-24(11-18)16-20-8-5-15(9-19)23-16/h4-5,7-8,14H,2-3,6,10-12H2,1H3. The zero-order chi connectivity index (χ0) is 17.3. The molecule has 0 N–H and O–H groups in total.